The Morgan fingerprint density at radius 3 is 2.69 bits per heavy atom. The van der Waals surface area contributed by atoms with Crippen LogP contribution in [0.4, 0.5) is 0 Å². The van der Waals surface area contributed by atoms with Gasteiger partial charge in [-0.05, 0) is 6.07 Å². The first-order valence-corrected chi connectivity index (χ1v) is 6.41. The van der Waals surface area contributed by atoms with Crippen molar-refractivity contribution < 1.29 is 17.7 Å². The molecule has 2 aromatic rings. The molecule has 0 saturated heterocycles. The van der Waals surface area contributed by atoms with E-state index in [0.29, 0.717) is 0 Å². The zero-order valence-corrected chi connectivity index (χ0v) is 9.44. The van der Waals surface area contributed by atoms with E-state index in [1.807, 2.05) is 12.1 Å². The predicted octanol–water partition coefficient (Wildman–Crippen LogP) is 0.929. The molecule has 0 fully saturated rings. The van der Waals surface area contributed by atoms with Crippen LogP contribution in [0.15, 0.2) is 30.3 Å². The van der Waals surface area contributed by atoms with Gasteiger partial charge in [-0.1, -0.05) is 18.2 Å². The maximum absolute atomic E-state index is 11.0. The Labute approximate surface area is 93.0 Å². The Morgan fingerprint density at radius 1 is 1.38 bits per heavy atom. The molecular weight excluding hydrogens is 230 g/mol. The maximum atomic E-state index is 11.0. The minimum atomic E-state index is -3.59. The van der Waals surface area contributed by atoms with E-state index in [9.17, 15) is 13.5 Å². The van der Waals surface area contributed by atoms with Gasteiger partial charge in [-0.3, -0.25) is 4.57 Å². The minimum Gasteiger partial charge on any atom is -0.376 e. The van der Waals surface area contributed by atoms with Crippen molar-refractivity contribution in [1.82, 2.24) is 4.57 Å². The number of aromatic nitrogens is 1. The monoisotopic (exact) mass is 241 g/mol. The molecular formula is C10H11NO4S. The first kappa shape index (κ1) is 11.0. The third-order valence-corrected chi connectivity index (χ3v) is 2.62. The first-order valence-electron chi connectivity index (χ1n) is 4.60. The van der Waals surface area contributed by atoms with Gasteiger partial charge in [0.15, 0.2) is 0 Å². The second-order valence-electron chi connectivity index (χ2n) is 3.40. The number of nitrogens with zero attached hydrogens (tertiary/aromatic N) is 1. The Hall–Kier alpha value is -1.53. The summed E-state index contributed by atoms with van der Waals surface area (Å²) >= 11 is 0. The molecule has 0 amide bonds. The molecule has 6 heteroatoms. The smallest absolute Gasteiger partial charge is 0.307 e. The van der Waals surface area contributed by atoms with Crippen LogP contribution in [0.25, 0.3) is 10.9 Å². The molecule has 0 saturated carbocycles. The number of para-hydroxylation sites is 1. The Kier molecular flexibility index (Phi) is 2.61. The van der Waals surface area contributed by atoms with Crippen molar-refractivity contribution in [2.45, 2.75) is 6.73 Å². The number of hydrogen-bond acceptors (Lipinski definition) is 4. The molecule has 1 aromatic heterocycles. The van der Waals surface area contributed by atoms with Crippen molar-refractivity contribution in [3.05, 3.63) is 30.3 Å². The van der Waals surface area contributed by atoms with Crippen molar-refractivity contribution >= 4 is 21.0 Å². The number of aliphatic hydroxyl groups is 1. The Balaban J connectivity index is 2.61. The standard InChI is InChI=1S/C10H11NO4S/c1-16(13,14)15-10-6-8-4-2-3-5-9(8)11(10)7-12/h2-6,12H,7H2,1H3. The molecule has 0 aliphatic rings. The van der Waals surface area contributed by atoms with E-state index in [0.717, 1.165) is 17.2 Å². The van der Waals surface area contributed by atoms with E-state index in [-0.39, 0.29) is 12.6 Å². The van der Waals surface area contributed by atoms with Crippen molar-refractivity contribution in [2.75, 3.05) is 6.26 Å². The molecule has 0 spiro atoms. The summed E-state index contributed by atoms with van der Waals surface area (Å²) in [4.78, 5) is 0. The van der Waals surface area contributed by atoms with Crippen LogP contribution >= 0.6 is 0 Å². The van der Waals surface area contributed by atoms with Gasteiger partial charge in [0.1, 0.15) is 6.73 Å². The van der Waals surface area contributed by atoms with Gasteiger partial charge in [-0.2, -0.15) is 8.42 Å². The van der Waals surface area contributed by atoms with Gasteiger partial charge in [0.2, 0.25) is 5.88 Å². The predicted molar refractivity (Wildman–Crippen MR) is 59.6 cm³/mol. The molecule has 0 unspecified atom stereocenters. The van der Waals surface area contributed by atoms with Gasteiger partial charge in [-0.15, -0.1) is 0 Å². The van der Waals surface area contributed by atoms with E-state index in [1.165, 1.54) is 4.57 Å². The highest BCUT2D eigenvalue weighted by Crippen LogP contribution is 2.25. The lowest BCUT2D eigenvalue weighted by atomic mass is 10.2. The van der Waals surface area contributed by atoms with Crippen molar-refractivity contribution in [1.29, 1.82) is 0 Å². The van der Waals surface area contributed by atoms with E-state index in [4.69, 9.17) is 4.18 Å². The molecule has 5 nitrogen and oxygen atoms in total. The van der Waals surface area contributed by atoms with Crippen LogP contribution in [0.2, 0.25) is 0 Å². The van der Waals surface area contributed by atoms with Crippen LogP contribution in [-0.4, -0.2) is 24.3 Å². The third kappa shape index (κ3) is 2.02. The summed E-state index contributed by atoms with van der Waals surface area (Å²) in [5, 5.41) is 10.0. The van der Waals surface area contributed by atoms with Crippen molar-refractivity contribution in [3.8, 4) is 5.88 Å². The maximum Gasteiger partial charge on any atom is 0.307 e. The van der Waals surface area contributed by atoms with Gasteiger partial charge >= 0.3 is 10.1 Å². The number of rotatable bonds is 3. The summed E-state index contributed by atoms with van der Waals surface area (Å²) in [5.41, 5.74) is 0.726. The summed E-state index contributed by atoms with van der Waals surface area (Å²) in [5.74, 6) is 0.117. The zero-order chi connectivity index (χ0) is 11.8. The molecule has 0 radical (unpaired) electrons. The largest absolute Gasteiger partial charge is 0.376 e. The van der Waals surface area contributed by atoms with Gasteiger partial charge in [0.25, 0.3) is 0 Å². The lowest BCUT2D eigenvalue weighted by Gasteiger charge is -2.06. The van der Waals surface area contributed by atoms with Crippen molar-refractivity contribution in [2.24, 2.45) is 0 Å². The molecule has 16 heavy (non-hydrogen) atoms. The normalized spacial score (nSPS) is 11.9. The molecule has 0 aliphatic heterocycles. The topological polar surface area (TPSA) is 68.5 Å². The zero-order valence-electron chi connectivity index (χ0n) is 8.62. The number of benzene rings is 1. The van der Waals surface area contributed by atoms with Gasteiger partial charge < -0.3 is 9.29 Å². The fraction of sp³-hybridized carbons (Fsp3) is 0.200. The second-order valence-corrected chi connectivity index (χ2v) is 4.97. The summed E-state index contributed by atoms with van der Waals surface area (Å²) in [6, 6.07) is 8.80. The van der Waals surface area contributed by atoms with Crippen molar-refractivity contribution in [3.63, 3.8) is 0 Å². The lowest BCUT2D eigenvalue weighted by molar-refractivity contribution is 0.207. The highest BCUT2D eigenvalue weighted by atomic mass is 32.2. The number of fused-ring (bicyclic) bond motifs is 1. The number of aliphatic hydroxyl groups excluding tert-OH is 1. The SMILES string of the molecule is CS(=O)(=O)Oc1cc2ccccc2n1CO. The Bertz CT molecular complexity index is 615. The molecule has 1 heterocycles. The first-order chi connectivity index (χ1) is 7.51. The van der Waals surface area contributed by atoms with Crippen LogP contribution in [0.5, 0.6) is 5.88 Å². The molecule has 0 atom stereocenters. The number of hydrogen-bond donors (Lipinski definition) is 1. The average Bonchev–Trinajstić information content (AvgIpc) is 2.51. The van der Waals surface area contributed by atoms with Gasteiger partial charge in [0, 0.05) is 11.5 Å². The molecule has 1 aromatic carbocycles. The molecule has 0 aliphatic carbocycles. The molecule has 2 rings (SSSR count). The average molecular weight is 241 g/mol. The van der Waals surface area contributed by atoms with E-state index < -0.39 is 10.1 Å². The van der Waals surface area contributed by atoms with Crippen LogP contribution in [0, 0.1) is 0 Å². The highest BCUT2D eigenvalue weighted by molar-refractivity contribution is 7.86. The fourth-order valence-corrected chi connectivity index (χ4v) is 2.00. The molecule has 0 bridgehead atoms. The van der Waals surface area contributed by atoms with Crippen LogP contribution < -0.4 is 4.18 Å². The molecule has 1 N–H and O–H groups in total. The van der Waals surface area contributed by atoms with E-state index in [2.05, 4.69) is 0 Å². The van der Waals surface area contributed by atoms with Crippen LogP contribution in [-0.2, 0) is 16.8 Å². The van der Waals surface area contributed by atoms with Gasteiger partial charge in [-0.25, -0.2) is 0 Å². The van der Waals surface area contributed by atoms with Crippen LogP contribution in [0.3, 0.4) is 0 Å². The summed E-state index contributed by atoms with van der Waals surface area (Å²) in [6.07, 6.45) is 0.965. The fourth-order valence-electron chi connectivity index (χ4n) is 1.56. The third-order valence-electron chi connectivity index (χ3n) is 2.15. The van der Waals surface area contributed by atoms with Gasteiger partial charge in [0.05, 0.1) is 11.8 Å². The summed E-state index contributed by atoms with van der Waals surface area (Å²) in [7, 11) is -3.59. The lowest BCUT2D eigenvalue weighted by Crippen LogP contribution is -2.09. The Morgan fingerprint density at radius 2 is 2.06 bits per heavy atom. The second kappa shape index (κ2) is 3.80. The summed E-state index contributed by atoms with van der Waals surface area (Å²) in [6.45, 7) is -0.335. The van der Waals surface area contributed by atoms with Crippen LogP contribution in [0.1, 0.15) is 0 Å². The highest BCUT2D eigenvalue weighted by Gasteiger charge is 2.12. The van der Waals surface area contributed by atoms with E-state index >= 15 is 0 Å². The minimum absolute atomic E-state index is 0.117. The molecule has 86 valence electrons. The summed E-state index contributed by atoms with van der Waals surface area (Å²) < 4.78 is 28.2. The van der Waals surface area contributed by atoms with E-state index in [1.54, 1.807) is 18.2 Å². The quantitative estimate of drug-likeness (QED) is 0.812.